The lowest BCUT2D eigenvalue weighted by atomic mass is 9.98. The van der Waals surface area contributed by atoms with Crippen LogP contribution < -0.4 is 0 Å². The number of azide groups is 1. The van der Waals surface area contributed by atoms with Crippen molar-refractivity contribution in [1.82, 2.24) is 9.80 Å². The fourth-order valence-electron chi connectivity index (χ4n) is 5.26. The Balaban J connectivity index is 1.21. The van der Waals surface area contributed by atoms with Gasteiger partial charge < -0.3 is 9.64 Å². The largest absolute Gasteiger partial charge is 0.448 e. The second-order valence-electron chi connectivity index (χ2n) is 9.43. The molecule has 196 valence electrons. The van der Waals surface area contributed by atoms with Crippen molar-refractivity contribution in [3.8, 4) is 11.1 Å². The molecule has 1 heterocycles. The minimum Gasteiger partial charge on any atom is -0.448 e. The second kappa shape index (κ2) is 10.4. The zero-order valence-electron chi connectivity index (χ0n) is 20.7. The standard InChI is InChI=1S/C27H26FN5O4S/c1-18-25(30-31-29)14-19(15-26(18)38(28,35)36)16-32-10-12-33(13-11-32)27(34)37-17-24-22-8-4-2-6-20(22)21-7-3-5-9-23(21)24/h2-9,14-15,24H,10-13,16-17H2,1H3. The van der Waals surface area contributed by atoms with Gasteiger partial charge in [0.1, 0.15) is 11.5 Å². The SMILES string of the molecule is Cc1c(N=[N+]=[N-])cc(CN2CCN(C(=O)OCC3c4ccccc4-c4ccccc43)CC2)cc1S(=O)(=O)F. The van der Waals surface area contributed by atoms with E-state index in [1.807, 2.05) is 29.2 Å². The Morgan fingerprint density at radius 1 is 1.05 bits per heavy atom. The van der Waals surface area contributed by atoms with E-state index < -0.39 is 15.1 Å². The van der Waals surface area contributed by atoms with Crippen molar-refractivity contribution >= 4 is 22.0 Å². The van der Waals surface area contributed by atoms with E-state index in [9.17, 15) is 17.1 Å². The van der Waals surface area contributed by atoms with Crippen molar-refractivity contribution in [3.05, 3.63) is 93.4 Å². The van der Waals surface area contributed by atoms with E-state index in [0.717, 1.165) is 11.1 Å². The predicted octanol–water partition coefficient (Wildman–Crippen LogP) is 5.66. The normalized spacial score (nSPS) is 15.5. The number of hydrogen-bond acceptors (Lipinski definition) is 6. The number of benzene rings is 3. The minimum absolute atomic E-state index is 0.0135. The highest BCUT2D eigenvalue weighted by molar-refractivity contribution is 7.86. The lowest BCUT2D eigenvalue weighted by Crippen LogP contribution is -2.48. The number of amides is 1. The average molecular weight is 536 g/mol. The Morgan fingerprint density at radius 2 is 1.66 bits per heavy atom. The number of carbonyl (C=O) groups excluding carboxylic acids is 1. The van der Waals surface area contributed by atoms with Crippen LogP contribution in [0.3, 0.4) is 0 Å². The van der Waals surface area contributed by atoms with Crippen LogP contribution >= 0.6 is 0 Å². The number of piperazine rings is 1. The smallest absolute Gasteiger partial charge is 0.409 e. The van der Waals surface area contributed by atoms with Crippen LogP contribution in [0.25, 0.3) is 21.6 Å². The van der Waals surface area contributed by atoms with Gasteiger partial charge in [-0.2, -0.15) is 8.42 Å². The van der Waals surface area contributed by atoms with E-state index in [0.29, 0.717) is 38.3 Å². The highest BCUT2D eigenvalue weighted by Gasteiger charge is 2.30. The molecular formula is C27H26FN5O4S. The van der Waals surface area contributed by atoms with Crippen LogP contribution in [0.5, 0.6) is 0 Å². The van der Waals surface area contributed by atoms with Gasteiger partial charge in [0, 0.05) is 49.2 Å². The Bertz CT molecular complexity index is 1500. The minimum atomic E-state index is -4.98. The lowest BCUT2D eigenvalue weighted by Gasteiger charge is -2.34. The van der Waals surface area contributed by atoms with Crippen molar-refractivity contribution in [2.24, 2.45) is 5.11 Å². The molecule has 1 aliphatic heterocycles. The fraction of sp³-hybridized carbons (Fsp3) is 0.296. The maximum absolute atomic E-state index is 13.8. The molecule has 0 radical (unpaired) electrons. The van der Waals surface area contributed by atoms with Crippen molar-refractivity contribution in [1.29, 1.82) is 0 Å². The van der Waals surface area contributed by atoms with Crippen molar-refractivity contribution < 1.29 is 21.8 Å². The Labute approximate surface area is 220 Å². The number of rotatable bonds is 6. The summed E-state index contributed by atoms with van der Waals surface area (Å²) in [6, 6.07) is 19.2. The molecule has 2 aliphatic rings. The summed E-state index contributed by atoms with van der Waals surface area (Å²) in [7, 11) is -4.98. The van der Waals surface area contributed by atoms with Gasteiger partial charge in [-0.05, 0) is 58.0 Å². The third-order valence-electron chi connectivity index (χ3n) is 7.18. The van der Waals surface area contributed by atoms with Crippen LogP contribution in [0.2, 0.25) is 0 Å². The van der Waals surface area contributed by atoms with Crippen molar-refractivity contribution in [2.75, 3.05) is 32.8 Å². The van der Waals surface area contributed by atoms with E-state index in [4.69, 9.17) is 10.3 Å². The highest BCUT2D eigenvalue weighted by Crippen LogP contribution is 2.44. The Hall–Kier alpha value is -3.92. The van der Waals surface area contributed by atoms with Crippen LogP contribution in [0.1, 0.15) is 28.2 Å². The van der Waals surface area contributed by atoms with E-state index in [2.05, 4.69) is 34.3 Å². The first-order valence-corrected chi connectivity index (χ1v) is 13.6. The zero-order chi connectivity index (χ0) is 26.9. The average Bonchev–Trinajstić information content (AvgIpc) is 3.22. The summed E-state index contributed by atoms with van der Waals surface area (Å²) in [5.41, 5.74) is 14.1. The third kappa shape index (κ3) is 5.08. The van der Waals surface area contributed by atoms with Gasteiger partial charge in [-0.1, -0.05) is 53.6 Å². The Morgan fingerprint density at radius 3 is 2.24 bits per heavy atom. The highest BCUT2D eigenvalue weighted by atomic mass is 32.3. The molecule has 0 unspecified atom stereocenters. The van der Waals surface area contributed by atoms with Gasteiger partial charge in [0.05, 0.1) is 0 Å². The first kappa shape index (κ1) is 25.7. The molecule has 0 spiro atoms. The summed E-state index contributed by atoms with van der Waals surface area (Å²) in [6.07, 6.45) is -0.377. The molecule has 0 N–H and O–H groups in total. The molecule has 0 bridgehead atoms. The number of ether oxygens (including phenoxy) is 1. The maximum atomic E-state index is 13.8. The Kier molecular flexibility index (Phi) is 7.07. The van der Waals surface area contributed by atoms with Crippen LogP contribution in [0.15, 0.2) is 70.7 Å². The van der Waals surface area contributed by atoms with Gasteiger partial charge in [0.2, 0.25) is 0 Å². The van der Waals surface area contributed by atoms with Gasteiger partial charge in [0.15, 0.2) is 0 Å². The number of nitrogens with zero attached hydrogens (tertiary/aromatic N) is 5. The summed E-state index contributed by atoms with van der Waals surface area (Å²) < 4.78 is 42.8. The molecule has 1 saturated heterocycles. The molecule has 1 aliphatic carbocycles. The molecule has 1 amide bonds. The monoisotopic (exact) mass is 535 g/mol. The lowest BCUT2D eigenvalue weighted by molar-refractivity contribution is 0.0728. The molecule has 3 aromatic rings. The fourth-order valence-corrected chi connectivity index (χ4v) is 6.02. The first-order valence-electron chi connectivity index (χ1n) is 12.2. The van der Waals surface area contributed by atoms with Gasteiger partial charge in [-0.3, -0.25) is 4.90 Å². The molecule has 3 aromatic carbocycles. The summed E-state index contributed by atoms with van der Waals surface area (Å²) in [5.74, 6) is -0.0135. The topological polar surface area (TPSA) is 116 Å². The molecule has 1 fully saturated rings. The number of hydrogen-bond donors (Lipinski definition) is 0. The third-order valence-corrected chi connectivity index (χ3v) is 8.13. The van der Waals surface area contributed by atoms with E-state index in [1.165, 1.54) is 24.1 Å². The number of halogens is 1. The molecular weight excluding hydrogens is 509 g/mol. The van der Waals surface area contributed by atoms with E-state index in [-0.39, 0.29) is 29.9 Å². The molecule has 11 heteroatoms. The van der Waals surface area contributed by atoms with Crippen molar-refractivity contribution in [3.63, 3.8) is 0 Å². The number of fused-ring (bicyclic) bond motifs is 3. The van der Waals surface area contributed by atoms with Crippen LogP contribution in [-0.4, -0.2) is 57.1 Å². The van der Waals surface area contributed by atoms with Gasteiger partial charge in [-0.15, -0.1) is 3.89 Å². The molecule has 38 heavy (non-hydrogen) atoms. The van der Waals surface area contributed by atoms with E-state index in [1.54, 1.807) is 11.0 Å². The van der Waals surface area contributed by atoms with Crippen LogP contribution in [0.4, 0.5) is 14.4 Å². The molecule has 5 rings (SSSR count). The summed E-state index contributed by atoms with van der Waals surface area (Å²) in [4.78, 5) is 18.8. The summed E-state index contributed by atoms with van der Waals surface area (Å²) in [6.45, 7) is 3.86. The van der Waals surface area contributed by atoms with E-state index >= 15 is 0 Å². The molecule has 0 atom stereocenters. The molecule has 9 nitrogen and oxygen atoms in total. The molecule has 0 saturated carbocycles. The van der Waals surface area contributed by atoms with Crippen LogP contribution in [-0.2, 0) is 21.5 Å². The van der Waals surface area contributed by atoms with Gasteiger partial charge >= 0.3 is 16.3 Å². The van der Waals surface area contributed by atoms with Crippen LogP contribution in [0, 0.1) is 6.92 Å². The molecule has 0 aromatic heterocycles. The predicted molar refractivity (Wildman–Crippen MR) is 140 cm³/mol. The zero-order valence-corrected chi connectivity index (χ0v) is 21.6. The summed E-state index contributed by atoms with van der Waals surface area (Å²) in [5, 5.41) is 3.51. The maximum Gasteiger partial charge on any atom is 0.409 e. The van der Waals surface area contributed by atoms with Gasteiger partial charge in [0.25, 0.3) is 0 Å². The van der Waals surface area contributed by atoms with Crippen molar-refractivity contribution in [2.45, 2.75) is 24.3 Å². The summed E-state index contributed by atoms with van der Waals surface area (Å²) >= 11 is 0. The first-order chi connectivity index (χ1) is 18.3. The van der Waals surface area contributed by atoms with Gasteiger partial charge in [-0.25, -0.2) is 4.79 Å². The quantitative estimate of drug-likeness (QED) is 0.175. The number of carbonyl (C=O) groups is 1. The second-order valence-corrected chi connectivity index (χ2v) is 10.7.